The third-order valence-electron chi connectivity index (χ3n) is 4.11. The maximum atomic E-state index is 12.2. The molecule has 4 atom stereocenters. The first kappa shape index (κ1) is 11.8. The van der Waals surface area contributed by atoms with Gasteiger partial charge >= 0.3 is 0 Å². The van der Waals surface area contributed by atoms with Crippen molar-refractivity contribution in [3.63, 3.8) is 0 Å². The van der Waals surface area contributed by atoms with Crippen LogP contribution < -0.4 is 11.1 Å². The smallest absolute Gasteiger partial charge is 0.261 e. The van der Waals surface area contributed by atoms with Crippen LogP contribution in [0.15, 0.2) is 17.5 Å². The van der Waals surface area contributed by atoms with Crippen molar-refractivity contribution < 1.29 is 9.53 Å². The van der Waals surface area contributed by atoms with E-state index >= 15 is 0 Å². The van der Waals surface area contributed by atoms with E-state index < -0.39 is 0 Å². The van der Waals surface area contributed by atoms with Crippen molar-refractivity contribution in [2.45, 2.75) is 24.6 Å². The van der Waals surface area contributed by atoms with Gasteiger partial charge in [-0.1, -0.05) is 0 Å². The molecule has 1 saturated carbocycles. The van der Waals surface area contributed by atoms with Gasteiger partial charge in [-0.15, -0.1) is 22.7 Å². The van der Waals surface area contributed by atoms with E-state index in [1.807, 2.05) is 17.5 Å². The minimum atomic E-state index is -0.0277. The molecule has 6 heteroatoms. The lowest BCUT2D eigenvalue weighted by molar-refractivity contribution is -0.0160. The molecule has 4 nitrogen and oxygen atoms in total. The van der Waals surface area contributed by atoms with Crippen molar-refractivity contribution in [2.24, 2.45) is 11.7 Å². The van der Waals surface area contributed by atoms with Crippen molar-refractivity contribution >= 4 is 38.0 Å². The summed E-state index contributed by atoms with van der Waals surface area (Å²) in [7, 11) is 0. The van der Waals surface area contributed by atoms with Crippen LogP contribution in [0.3, 0.4) is 0 Å². The topological polar surface area (TPSA) is 64.3 Å². The van der Waals surface area contributed by atoms with Gasteiger partial charge in [0.2, 0.25) is 0 Å². The van der Waals surface area contributed by atoms with Gasteiger partial charge in [0, 0.05) is 28.0 Å². The summed E-state index contributed by atoms with van der Waals surface area (Å²) in [5.74, 6) is 0.403. The normalized spacial score (nSPS) is 33.1. The van der Waals surface area contributed by atoms with Crippen LogP contribution in [0.25, 0.3) is 9.40 Å². The predicted molar refractivity (Wildman–Crippen MR) is 76.8 cm³/mol. The van der Waals surface area contributed by atoms with Crippen LogP contribution in [0.4, 0.5) is 0 Å². The first-order valence-corrected chi connectivity index (χ1v) is 8.09. The molecule has 0 aromatic carbocycles. The Morgan fingerprint density at radius 2 is 2.37 bits per heavy atom. The van der Waals surface area contributed by atoms with E-state index in [0.717, 1.165) is 17.9 Å². The van der Waals surface area contributed by atoms with Crippen LogP contribution in [0, 0.1) is 5.92 Å². The Kier molecular flexibility index (Phi) is 2.66. The zero-order valence-corrected chi connectivity index (χ0v) is 11.8. The number of amides is 1. The number of carbonyl (C=O) groups is 1. The third-order valence-corrected chi connectivity index (χ3v) is 6.20. The minimum Gasteiger partial charge on any atom is -0.376 e. The van der Waals surface area contributed by atoms with Gasteiger partial charge < -0.3 is 15.8 Å². The molecule has 0 radical (unpaired) electrons. The second-order valence-corrected chi connectivity index (χ2v) is 7.16. The monoisotopic (exact) mass is 294 g/mol. The van der Waals surface area contributed by atoms with E-state index in [9.17, 15) is 4.79 Å². The molecule has 0 spiro atoms. The summed E-state index contributed by atoms with van der Waals surface area (Å²) in [6.45, 7) is 0.768. The van der Waals surface area contributed by atoms with Gasteiger partial charge in [-0.25, -0.2) is 0 Å². The van der Waals surface area contributed by atoms with Crippen LogP contribution in [0.5, 0.6) is 0 Å². The van der Waals surface area contributed by atoms with Gasteiger partial charge in [-0.2, -0.15) is 0 Å². The van der Waals surface area contributed by atoms with E-state index in [0.29, 0.717) is 5.92 Å². The molecule has 4 unspecified atom stereocenters. The number of hydrogen-bond acceptors (Lipinski definition) is 5. The lowest BCUT2D eigenvalue weighted by atomic mass is 9.72. The van der Waals surface area contributed by atoms with Crippen LogP contribution >= 0.6 is 22.7 Å². The molecule has 1 saturated heterocycles. The second kappa shape index (κ2) is 4.28. The third kappa shape index (κ3) is 1.74. The molecule has 3 heterocycles. The zero-order chi connectivity index (χ0) is 13.0. The number of nitrogens with two attached hydrogens (primary N) is 1. The largest absolute Gasteiger partial charge is 0.376 e. The Labute approximate surface area is 118 Å². The maximum absolute atomic E-state index is 12.2. The molecule has 2 aromatic rings. The highest BCUT2D eigenvalue weighted by atomic mass is 32.1. The van der Waals surface area contributed by atoms with Crippen LogP contribution in [-0.4, -0.2) is 30.7 Å². The number of nitrogens with one attached hydrogen (secondary N) is 1. The van der Waals surface area contributed by atoms with Gasteiger partial charge in [-0.05, 0) is 23.9 Å². The number of fused-ring (bicyclic) bond motifs is 2. The molecule has 2 aromatic heterocycles. The fraction of sp³-hybridized carbons (Fsp3) is 0.462. The van der Waals surface area contributed by atoms with E-state index in [1.54, 1.807) is 11.3 Å². The number of ether oxygens (including phenoxy) is 1. The molecule has 2 aliphatic rings. The van der Waals surface area contributed by atoms with Crippen LogP contribution in [-0.2, 0) is 4.74 Å². The molecule has 3 N–H and O–H groups in total. The fourth-order valence-corrected chi connectivity index (χ4v) is 5.04. The average Bonchev–Trinajstić information content (AvgIpc) is 3.08. The molecule has 0 bridgehead atoms. The van der Waals surface area contributed by atoms with Crippen LogP contribution in [0.2, 0.25) is 0 Å². The number of rotatable bonds is 2. The van der Waals surface area contributed by atoms with E-state index in [2.05, 4.69) is 5.32 Å². The summed E-state index contributed by atoms with van der Waals surface area (Å²) in [6.07, 6.45) is 1.15. The average molecular weight is 294 g/mol. The molecule has 1 aliphatic carbocycles. The fourth-order valence-electron chi connectivity index (χ4n) is 3.03. The Hall–Kier alpha value is -0.950. The summed E-state index contributed by atoms with van der Waals surface area (Å²) < 4.78 is 7.97. The minimum absolute atomic E-state index is 0.0252. The maximum Gasteiger partial charge on any atom is 0.261 e. The summed E-state index contributed by atoms with van der Waals surface area (Å²) >= 11 is 3.19. The Bertz CT molecular complexity index is 607. The Morgan fingerprint density at radius 1 is 1.47 bits per heavy atom. The summed E-state index contributed by atoms with van der Waals surface area (Å²) in [5.41, 5.74) is 6.10. The molecular weight excluding hydrogens is 280 g/mol. The van der Waals surface area contributed by atoms with Crippen molar-refractivity contribution in [3.05, 3.63) is 22.4 Å². The lowest BCUT2D eigenvalue weighted by Crippen LogP contribution is -2.68. The van der Waals surface area contributed by atoms with Gasteiger partial charge in [0.1, 0.15) is 0 Å². The lowest BCUT2D eigenvalue weighted by Gasteiger charge is -2.45. The molecule has 100 valence electrons. The van der Waals surface area contributed by atoms with E-state index in [1.165, 1.54) is 20.7 Å². The van der Waals surface area contributed by atoms with Gasteiger partial charge in [0.15, 0.2) is 0 Å². The van der Waals surface area contributed by atoms with Crippen molar-refractivity contribution in [2.75, 3.05) is 6.61 Å². The Morgan fingerprint density at radius 3 is 3.21 bits per heavy atom. The first-order valence-electron chi connectivity index (χ1n) is 6.39. The SMILES string of the molecule is NC1C2CCOC2C1NC(=O)c1cc2sccc2s1. The molecule has 4 rings (SSSR count). The number of carbonyl (C=O) groups excluding carboxylic acids is 1. The highest BCUT2D eigenvalue weighted by Crippen LogP contribution is 2.38. The zero-order valence-electron chi connectivity index (χ0n) is 10.2. The predicted octanol–water partition coefficient (Wildman–Crippen LogP) is 1.81. The highest BCUT2D eigenvalue weighted by molar-refractivity contribution is 7.27. The molecule has 1 aliphatic heterocycles. The van der Waals surface area contributed by atoms with Crippen molar-refractivity contribution in [3.8, 4) is 0 Å². The molecule has 19 heavy (non-hydrogen) atoms. The van der Waals surface area contributed by atoms with Crippen molar-refractivity contribution in [1.29, 1.82) is 0 Å². The summed E-state index contributed by atoms with van der Waals surface area (Å²) in [5, 5.41) is 5.07. The highest BCUT2D eigenvalue weighted by Gasteiger charge is 2.52. The van der Waals surface area contributed by atoms with E-state index in [4.69, 9.17) is 10.5 Å². The van der Waals surface area contributed by atoms with Gasteiger partial charge in [0.05, 0.1) is 17.0 Å². The Balaban J connectivity index is 1.51. The molecule has 1 amide bonds. The van der Waals surface area contributed by atoms with Crippen molar-refractivity contribution in [1.82, 2.24) is 5.32 Å². The standard InChI is InChI=1S/C13H14N2O2S2/c14-10-6-1-3-17-12(6)11(10)15-13(16)9-5-8-7(19-9)2-4-18-8/h2,4-6,10-12H,1,3,14H2,(H,15,16). The first-order chi connectivity index (χ1) is 9.24. The quantitative estimate of drug-likeness (QED) is 0.888. The van der Waals surface area contributed by atoms with Crippen LogP contribution in [0.1, 0.15) is 16.1 Å². The summed E-state index contributed by atoms with van der Waals surface area (Å²) in [4.78, 5) is 13.0. The van der Waals surface area contributed by atoms with E-state index in [-0.39, 0.29) is 24.1 Å². The molecular formula is C13H14N2O2S2. The second-order valence-electron chi connectivity index (χ2n) is 5.12. The number of hydrogen-bond donors (Lipinski definition) is 2. The molecule has 2 fully saturated rings. The number of thiophene rings is 2. The van der Waals surface area contributed by atoms with Gasteiger partial charge in [0.25, 0.3) is 5.91 Å². The van der Waals surface area contributed by atoms with Gasteiger partial charge in [-0.3, -0.25) is 4.79 Å². The summed E-state index contributed by atoms with van der Waals surface area (Å²) in [6, 6.07) is 4.02.